The summed E-state index contributed by atoms with van der Waals surface area (Å²) in [5, 5.41) is 3.46. The topological polar surface area (TPSA) is 73.9 Å². The Morgan fingerprint density at radius 3 is 2.19 bits per heavy atom. The number of carbonyl (C=O) groups excluding carboxylic acids is 2. The van der Waals surface area contributed by atoms with Crippen LogP contribution in [-0.4, -0.2) is 32.3 Å². The van der Waals surface area contributed by atoms with E-state index in [2.05, 4.69) is 5.32 Å². The molecular weight excluding hydrogens is 370 g/mol. The lowest BCUT2D eigenvalue weighted by molar-refractivity contribution is -0.143. The smallest absolute Gasteiger partial charge is 0.337 e. The highest BCUT2D eigenvalue weighted by Crippen LogP contribution is 2.44. The Hall–Kier alpha value is -2.47. The maximum atomic E-state index is 12.9. The Bertz CT molecular complexity index is 826. The third-order valence-corrected chi connectivity index (χ3v) is 4.54. The highest BCUT2D eigenvalue weighted by molar-refractivity contribution is 6.32. The van der Waals surface area contributed by atoms with E-state index in [1.54, 1.807) is 45.9 Å². The molecule has 27 heavy (non-hydrogen) atoms. The van der Waals surface area contributed by atoms with E-state index in [0.717, 1.165) is 0 Å². The number of allylic oxidation sites excluding steroid dienone is 2. The first-order valence-corrected chi connectivity index (χ1v) is 8.90. The first-order valence-electron chi connectivity index (χ1n) is 8.53. The summed E-state index contributed by atoms with van der Waals surface area (Å²) < 4.78 is 15.9. The maximum Gasteiger partial charge on any atom is 0.337 e. The fourth-order valence-corrected chi connectivity index (χ4v) is 3.46. The fourth-order valence-electron chi connectivity index (χ4n) is 3.20. The van der Waals surface area contributed by atoms with Gasteiger partial charge in [0.15, 0.2) is 0 Å². The maximum absolute atomic E-state index is 12.9. The quantitative estimate of drug-likeness (QED) is 0.769. The summed E-state index contributed by atoms with van der Waals surface area (Å²) in [4.78, 5) is 25.5. The van der Waals surface area contributed by atoms with Crippen LogP contribution in [0.25, 0.3) is 0 Å². The summed E-state index contributed by atoms with van der Waals surface area (Å²) in [6, 6.07) is 5.20. The van der Waals surface area contributed by atoms with Crippen LogP contribution >= 0.6 is 11.6 Å². The van der Waals surface area contributed by atoms with Gasteiger partial charge in [0.1, 0.15) is 5.75 Å². The van der Waals surface area contributed by atoms with Crippen molar-refractivity contribution in [1.82, 2.24) is 5.32 Å². The monoisotopic (exact) mass is 393 g/mol. The molecule has 0 unspecified atom stereocenters. The van der Waals surface area contributed by atoms with E-state index in [1.807, 2.05) is 0 Å². The van der Waals surface area contributed by atoms with E-state index in [1.165, 1.54) is 14.2 Å². The number of nitrogens with one attached hydrogen (secondary N) is 1. The fraction of sp³-hybridized carbons (Fsp3) is 0.400. The van der Waals surface area contributed by atoms with Crippen LogP contribution in [0.2, 0.25) is 5.02 Å². The molecule has 0 fully saturated rings. The van der Waals surface area contributed by atoms with Gasteiger partial charge in [0.2, 0.25) is 0 Å². The second-order valence-corrected chi connectivity index (χ2v) is 6.85. The molecule has 0 saturated heterocycles. The van der Waals surface area contributed by atoms with Gasteiger partial charge in [0.05, 0.1) is 42.4 Å². The normalized spacial score (nSPS) is 17.0. The zero-order valence-corrected chi connectivity index (χ0v) is 17.1. The van der Waals surface area contributed by atoms with Crippen molar-refractivity contribution >= 4 is 23.5 Å². The van der Waals surface area contributed by atoms with Gasteiger partial charge in [-0.25, -0.2) is 9.59 Å². The molecule has 0 radical (unpaired) electrons. The van der Waals surface area contributed by atoms with Crippen LogP contribution < -0.4 is 10.1 Å². The Balaban J connectivity index is 2.76. The van der Waals surface area contributed by atoms with Gasteiger partial charge in [-0.3, -0.25) is 0 Å². The molecule has 1 atom stereocenters. The van der Waals surface area contributed by atoms with Crippen molar-refractivity contribution in [3.05, 3.63) is 51.3 Å². The van der Waals surface area contributed by atoms with Gasteiger partial charge >= 0.3 is 11.9 Å². The first-order chi connectivity index (χ1) is 12.7. The minimum Gasteiger partial charge on any atom is -0.495 e. The van der Waals surface area contributed by atoms with Crippen LogP contribution in [0.1, 0.15) is 39.2 Å². The molecule has 6 nitrogen and oxygen atoms in total. The SMILES string of the molecule is COC(=O)C1=C(C)NC(C)=C(C(=O)OC(C)C)[C@H]1c1cccc(Cl)c1OC. The average molecular weight is 394 g/mol. The summed E-state index contributed by atoms with van der Waals surface area (Å²) in [6.07, 6.45) is -0.312. The van der Waals surface area contributed by atoms with Gasteiger partial charge in [-0.1, -0.05) is 23.7 Å². The van der Waals surface area contributed by atoms with E-state index in [0.29, 0.717) is 38.9 Å². The zero-order valence-electron chi connectivity index (χ0n) is 16.3. The molecule has 1 aromatic rings. The Labute approximate surface area is 164 Å². The lowest BCUT2D eigenvalue weighted by Gasteiger charge is -2.31. The number of para-hydroxylation sites is 1. The third kappa shape index (κ3) is 4.11. The van der Waals surface area contributed by atoms with Gasteiger partial charge in [-0.05, 0) is 33.8 Å². The number of hydrogen-bond acceptors (Lipinski definition) is 6. The summed E-state index contributed by atoms with van der Waals surface area (Å²) in [5.74, 6) is -1.41. The summed E-state index contributed by atoms with van der Waals surface area (Å²) >= 11 is 6.29. The van der Waals surface area contributed by atoms with Crippen molar-refractivity contribution in [3.8, 4) is 5.75 Å². The number of esters is 2. The van der Waals surface area contributed by atoms with Gasteiger partial charge < -0.3 is 19.5 Å². The number of ether oxygens (including phenoxy) is 3. The van der Waals surface area contributed by atoms with Crippen LogP contribution in [0, 0.1) is 0 Å². The zero-order chi connectivity index (χ0) is 20.3. The summed E-state index contributed by atoms with van der Waals surface area (Å²) in [6.45, 7) is 7.05. The van der Waals surface area contributed by atoms with Gasteiger partial charge in [0, 0.05) is 17.0 Å². The van der Waals surface area contributed by atoms with Crippen molar-refractivity contribution in [2.45, 2.75) is 39.7 Å². The summed E-state index contributed by atoms with van der Waals surface area (Å²) in [5.41, 5.74) is 2.39. The van der Waals surface area contributed by atoms with Crippen LogP contribution in [0.4, 0.5) is 0 Å². The van der Waals surface area contributed by atoms with Crippen molar-refractivity contribution in [2.75, 3.05) is 14.2 Å². The Morgan fingerprint density at radius 2 is 1.67 bits per heavy atom. The van der Waals surface area contributed by atoms with Gasteiger partial charge in [-0.2, -0.15) is 0 Å². The number of hydrogen-bond donors (Lipinski definition) is 1. The molecule has 0 spiro atoms. The van der Waals surface area contributed by atoms with Crippen LogP contribution in [0.3, 0.4) is 0 Å². The Kier molecular flexibility index (Phi) is 6.54. The van der Waals surface area contributed by atoms with E-state index in [-0.39, 0.29) is 6.10 Å². The predicted octanol–water partition coefficient (Wildman–Crippen LogP) is 3.71. The van der Waals surface area contributed by atoms with E-state index >= 15 is 0 Å². The second kappa shape index (κ2) is 8.48. The lowest BCUT2D eigenvalue weighted by atomic mass is 9.80. The molecule has 1 heterocycles. The van der Waals surface area contributed by atoms with Crippen LogP contribution in [0.5, 0.6) is 5.75 Å². The number of carbonyl (C=O) groups is 2. The van der Waals surface area contributed by atoms with Crippen molar-refractivity contribution in [3.63, 3.8) is 0 Å². The molecule has 0 bridgehead atoms. The van der Waals surface area contributed by atoms with E-state index < -0.39 is 17.9 Å². The molecule has 2 rings (SSSR count). The minimum absolute atomic E-state index is 0.305. The molecule has 0 aliphatic carbocycles. The number of halogens is 1. The summed E-state index contributed by atoms with van der Waals surface area (Å²) in [7, 11) is 2.79. The van der Waals surface area contributed by atoms with Crippen molar-refractivity contribution in [1.29, 1.82) is 0 Å². The second-order valence-electron chi connectivity index (χ2n) is 6.44. The van der Waals surface area contributed by atoms with Crippen molar-refractivity contribution < 1.29 is 23.8 Å². The average Bonchev–Trinajstić information content (AvgIpc) is 2.59. The predicted molar refractivity (Wildman–Crippen MR) is 103 cm³/mol. The molecule has 1 aliphatic rings. The molecule has 0 amide bonds. The van der Waals surface area contributed by atoms with E-state index in [9.17, 15) is 9.59 Å². The number of methoxy groups -OCH3 is 2. The minimum atomic E-state index is -0.737. The highest BCUT2D eigenvalue weighted by atomic mass is 35.5. The Morgan fingerprint density at radius 1 is 1.07 bits per heavy atom. The lowest BCUT2D eigenvalue weighted by Crippen LogP contribution is -2.33. The molecular formula is C20H24ClNO5. The molecule has 1 aliphatic heterocycles. The first kappa shape index (κ1) is 20.8. The number of dihydropyridines is 1. The van der Waals surface area contributed by atoms with Gasteiger partial charge in [-0.15, -0.1) is 0 Å². The standard InChI is InChI=1S/C20H24ClNO5/c1-10(2)27-20(24)16-12(4)22-11(3)15(19(23)26-6)17(16)13-8-7-9-14(21)18(13)25-5/h7-10,17,22H,1-6H3/t17-/m0/s1. The largest absolute Gasteiger partial charge is 0.495 e. The molecule has 146 valence electrons. The van der Waals surface area contributed by atoms with Crippen LogP contribution in [0.15, 0.2) is 40.7 Å². The molecule has 1 aromatic carbocycles. The molecule has 0 aromatic heterocycles. The number of benzene rings is 1. The van der Waals surface area contributed by atoms with E-state index in [4.69, 9.17) is 25.8 Å². The molecule has 1 N–H and O–H groups in total. The molecule has 7 heteroatoms. The highest BCUT2D eigenvalue weighted by Gasteiger charge is 2.39. The third-order valence-electron chi connectivity index (χ3n) is 4.24. The van der Waals surface area contributed by atoms with Crippen molar-refractivity contribution in [2.24, 2.45) is 0 Å². The number of rotatable bonds is 5. The van der Waals surface area contributed by atoms with Crippen LogP contribution in [-0.2, 0) is 19.1 Å². The van der Waals surface area contributed by atoms with Gasteiger partial charge in [0.25, 0.3) is 0 Å². The molecule has 0 saturated carbocycles.